The van der Waals surface area contributed by atoms with Crippen LogP contribution in [0.2, 0.25) is 0 Å². The molecule has 0 aliphatic heterocycles. The molecule has 0 saturated heterocycles. The van der Waals surface area contributed by atoms with Crippen molar-refractivity contribution in [3.8, 4) is 5.75 Å². The van der Waals surface area contributed by atoms with E-state index in [0.29, 0.717) is 11.3 Å². The van der Waals surface area contributed by atoms with Crippen LogP contribution in [0, 0.1) is 13.8 Å². The molecule has 3 rings (SSSR count). The maximum atomic E-state index is 12.4. The number of rotatable bonds is 3. The van der Waals surface area contributed by atoms with Crippen LogP contribution in [0.15, 0.2) is 42.5 Å². The van der Waals surface area contributed by atoms with Gasteiger partial charge in [0.1, 0.15) is 5.75 Å². The third-order valence-corrected chi connectivity index (χ3v) is 3.69. The minimum atomic E-state index is -0.183. The van der Waals surface area contributed by atoms with E-state index in [0.717, 1.165) is 28.2 Å². The maximum absolute atomic E-state index is 12.4. The van der Waals surface area contributed by atoms with Crippen LogP contribution in [-0.2, 0) is 0 Å². The monoisotopic (exact) mass is 307 g/mol. The van der Waals surface area contributed by atoms with Gasteiger partial charge in [-0.2, -0.15) is 0 Å². The molecule has 116 valence electrons. The Morgan fingerprint density at radius 3 is 2.26 bits per heavy atom. The summed E-state index contributed by atoms with van der Waals surface area (Å²) in [6.45, 7) is 3.83. The lowest BCUT2D eigenvalue weighted by Crippen LogP contribution is -2.12. The van der Waals surface area contributed by atoms with Crippen LogP contribution in [0.4, 0.5) is 5.69 Å². The SMILES string of the molecule is COc1ccc(NC(=O)c2ccc3nc(C)c(C)nc3c2)cc1. The molecule has 0 fully saturated rings. The second kappa shape index (κ2) is 6.04. The number of carbonyl (C=O) groups excluding carboxylic acids is 1. The molecule has 0 spiro atoms. The fourth-order valence-corrected chi connectivity index (χ4v) is 2.25. The second-order valence-corrected chi connectivity index (χ2v) is 5.28. The highest BCUT2D eigenvalue weighted by molar-refractivity contribution is 6.05. The summed E-state index contributed by atoms with van der Waals surface area (Å²) < 4.78 is 5.10. The molecular weight excluding hydrogens is 290 g/mol. The summed E-state index contributed by atoms with van der Waals surface area (Å²) in [6.07, 6.45) is 0. The first-order valence-electron chi connectivity index (χ1n) is 7.27. The Labute approximate surface area is 134 Å². The van der Waals surface area contributed by atoms with Crippen LogP contribution in [-0.4, -0.2) is 23.0 Å². The maximum Gasteiger partial charge on any atom is 0.255 e. The zero-order chi connectivity index (χ0) is 16.4. The molecule has 1 N–H and O–H groups in total. The van der Waals surface area contributed by atoms with E-state index < -0.39 is 0 Å². The van der Waals surface area contributed by atoms with Crippen LogP contribution in [0.25, 0.3) is 11.0 Å². The van der Waals surface area contributed by atoms with Gasteiger partial charge in [-0.15, -0.1) is 0 Å². The van der Waals surface area contributed by atoms with Crippen LogP contribution in [0.3, 0.4) is 0 Å². The van der Waals surface area contributed by atoms with Crippen LogP contribution >= 0.6 is 0 Å². The topological polar surface area (TPSA) is 64.1 Å². The lowest BCUT2D eigenvalue weighted by atomic mass is 10.1. The van der Waals surface area contributed by atoms with Crippen LogP contribution in [0.1, 0.15) is 21.7 Å². The molecule has 5 nitrogen and oxygen atoms in total. The van der Waals surface area contributed by atoms with E-state index in [9.17, 15) is 4.79 Å². The highest BCUT2D eigenvalue weighted by Crippen LogP contribution is 2.18. The second-order valence-electron chi connectivity index (χ2n) is 5.28. The van der Waals surface area contributed by atoms with E-state index in [1.165, 1.54) is 0 Å². The molecule has 1 amide bonds. The van der Waals surface area contributed by atoms with Gasteiger partial charge in [-0.1, -0.05) is 0 Å². The zero-order valence-electron chi connectivity index (χ0n) is 13.3. The highest BCUT2D eigenvalue weighted by atomic mass is 16.5. The fourth-order valence-electron chi connectivity index (χ4n) is 2.25. The normalized spacial score (nSPS) is 10.6. The van der Waals surface area contributed by atoms with Crippen molar-refractivity contribution in [3.05, 3.63) is 59.4 Å². The summed E-state index contributed by atoms with van der Waals surface area (Å²) in [5.74, 6) is 0.562. The first-order valence-corrected chi connectivity index (χ1v) is 7.27. The predicted molar refractivity (Wildman–Crippen MR) is 90.0 cm³/mol. The number of carbonyl (C=O) groups is 1. The minimum absolute atomic E-state index is 0.183. The fraction of sp³-hybridized carbons (Fsp3) is 0.167. The molecule has 2 aromatic carbocycles. The molecule has 3 aromatic rings. The molecule has 1 heterocycles. The lowest BCUT2D eigenvalue weighted by Gasteiger charge is -2.08. The number of aryl methyl sites for hydroxylation is 2. The van der Waals surface area contributed by atoms with E-state index in [4.69, 9.17) is 4.74 Å². The number of ether oxygens (including phenoxy) is 1. The highest BCUT2D eigenvalue weighted by Gasteiger charge is 2.09. The van der Waals surface area contributed by atoms with E-state index in [2.05, 4.69) is 15.3 Å². The molecule has 0 bridgehead atoms. The van der Waals surface area contributed by atoms with Gasteiger partial charge in [-0.3, -0.25) is 4.79 Å². The van der Waals surface area contributed by atoms with Gasteiger partial charge in [0.15, 0.2) is 0 Å². The van der Waals surface area contributed by atoms with Gasteiger partial charge in [-0.25, -0.2) is 9.97 Å². The van der Waals surface area contributed by atoms with Crippen molar-refractivity contribution >= 4 is 22.6 Å². The zero-order valence-corrected chi connectivity index (χ0v) is 13.3. The lowest BCUT2D eigenvalue weighted by molar-refractivity contribution is 0.102. The molecule has 5 heteroatoms. The Morgan fingerprint density at radius 1 is 0.957 bits per heavy atom. The molecule has 0 saturated carbocycles. The van der Waals surface area contributed by atoms with Crippen molar-refractivity contribution in [1.29, 1.82) is 0 Å². The number of benzene rings is 2. The van der Waals surface area contributed by atoms with Gasteiger partial charge in [-0.05, 0) is 56.3 Å². The van der Waals surface area contributed by atoms with Gasteiger partial charge < -0.3 is 10.1 Å². The smallest absolute Gasteiger partial charge is 0.255 e. The molecule has 0 aliphatic carbocycles. The van der Waals surface area contributed by atoms with Crippen LogP contribution < -0.4 is 10.1 Å². The molecule has 0 atom stereocenters. The van der Waals surface area contributed by atoms with Crippen molar-refractivity contribution in [2.45, 2.75) is 13.8 Å². The van der Waals surface area contributed by atoms with Crippen molar-refractivity contribution in [2.75, 3.05) is 12.4 Å². The number of aromatic nitrogens is 2. The number of anilines is 1. The van der Waals surface area contributed by atoms with Crippen molar-refractivity contribution in [1.82, 2.24) is 9.97 Å². The first-order chi connectivity index (χ1) is 11.1. The van der Waals surface area contributed by atoms with Crippen molar-refractivity contribution in [2.24, 2.45) is 0 Å². The standard InChI is InChI=1S/C18H17N3O2/c1-11-12(2)20-17-10-13(4-9-16(17)19-11)18(22)21-14-5-7-15(23-3)8-6-14/h4-10H,1-3H3,(H,21,22). The summed E-state index contributed by atoms with van der Waals surface area (Å²) in [4.78, 5) is 21.3. The molecule has 1 aromatic heterocycles. The quantitative estimate of drug-likeness (QED) is 0.804. The summed E-state index contributed by atoms with van der Waals surface area (Å²) in [5.41, 5.74) is 4.52. The number of hydrogen-bond donors (Lipinski definition) is 1. The summed E-state index contributed by atoms with van der Waals surface area (Å²) in [7, 11) is 1.60. The third-order valence-electron chi connectivity index (χ3n) is 3.69. The van der Waals surface area contributed by atoms with Crippen LogP contribution in [0.5, 0.6) is 5.75 Å². The molecule has 0 radical (unpaired) electrons. The third kappa shape index (κ3) is 3.13. The Hall–Kier alpha value is -2.95. The average molecular weight is 307 g/mol. The van der Waals surface area contributed by atoms with Crippen molar-refractivity contribution < 1.29 is 9.53 Å². The number of hydrogen-bond acceptors (Lipinski definition) is 4. The summed E-state index contributed by atoms with van der Waals surface area (Å²) in [5, 5.41) is 2.86. The van der Waals surface area contributed by atoms with E-state index >= 15 is 0 Å². The molecular formula is C18H17N3O2. The number of nitrogens with zero attached hydrogens (tertiary/aromatic N) is 2. The predicted octanol–water partition coefficient (Wildman–Crippen LogP) is 3.51. The minimum Gasteiger partial charge on any atom is -0.497 e. The molecule has 0 aliphatic rings. The van der Waals surface area contributed by atoms with Crippen molar-refractivity contribution in [3.63, 3.8) is 0 Å². The number of methoxy groups -OCH3 is 1. The molecule has 23 heavy (non-hydrogen) atoms. The number of fused-ring (bicyclic) bond motifs is 1. The Bertz CT molecular complexity index is 873. The first kappa shape index (κ1) is 15.0. The van der Waals surface area contributed by atoms with Gasteiger partial charge in [0.25, 0.3) is 5.91 Å². The number of nitrogens with one attached hydrogen (secondary N) is 1. The Balaban J connectivity index is 1.86. The Kier molecular flexibility index (Phi) is 3.93. The van der Waals surface area contributed by atoms with E-state index in [-0.39, 0.29) is 5.91 Å². The van der Waals surface area contributed by atoms with Gasteiger partial charge in [0, 0.05) is 11.3 Å². The van der Waals surface area contributed by atoms with E-state index in [1.807, 2.05) is 19.9 Å². The average Bonchev–Trinajstić information content (AvgIpc) is 2.56. The van der Waals surface area contributed by atoms with Gasteiger partial charge in [0.05, 0.1) is 29.5 Å². The largest absolute Gasteiger partial charge is 0.497 e. The van der Waals surface area contributed by atoms with E-state index in [1.54, 1.807) is 43.5 Å². The number of amides is 1. The summed E-state index contributed by atoms with van der Waals surface area (Å²) in [6, 6.07) is 12.5. The van der Waals surface area contributed by atoms with Gasteiger partial charge in [0.2, 0.25) is 0 Å². The van der Waals surface area contributed by atoms with Gasteiger partial charge >= 0.3 is 0 Å². The molecule has 0 unspecified atom stereocenters. The summed E-state index contributed by atoms with van der Waals surface area (Å²) >= 11 is 0. The Morgan fingerprint density at radius 2 is 1.61 bits per heavy atom.